The summed E-state index contributed by atoms with van der Waals surface area (Å²) in [6.07, 6.45) is -1.55. The van der Waals surface area contributed by atoms with Crippen molar-refractivity contribution in [2.24, 2.45) is 0 Å². The van der Waals surface area contributed by atoms with Gasteiger partial charge in [0.2, 0.25) is 0 Å². The van der Waals surface area contributed by atoms with Crippen LogP contribution in [0.5, 0.6) is 0 Å². The van der Waals surface area contributed by atoms with Gasteiger partial charge in [-0.25, -0.2) is 14.2 Å². The molecule has 3 amide bonds. The number of hydrogen-bond acceptors (Lipinski definition) is 4. The van der Waals surface area contributed by atoms with Crippen molar-refractivity contribution in [1.29, 1.82) is 0 Å². The number of urea groups is 1. The number of ether oxygens (including phenoxy) is 1. The van der Waals surface area contributed by atoms with Crippen molar-refractivity contribution in [2.45, 2.75) is 45.1 Å². The van der Waals surface area contributed by atoms with Crippen LogP contribution in [0.25, 0.3) is 0 Å². The van der Waals surface area contributed by atoms with E-state index in [9.17, 15) is 27.2 Å². The molecule has 0 aliphatic heterocycles. The fourth-order valence-electron chi connectivity index (χ4n) is 2.38. The summed E-state index contributed by atoms with van der Waals surface area (Å²) in [5, 5.41) is 4.23. The zero-order valence-corrected chi connectivity index (χ0v) is 18.3. The van der Waals surface area contributed by atoms with E-state index < -0.39 is 43.1 Å². The highest BCUT2D eigenvalue weighted by Crippen LogP contribution is 2.30. The second-order valence-corrected chi connectivity index (χ2v) is 13.7. The Labute approximate surface area is 177 Å². The van der Waals surface area contributed by atoms with Crippen LogP contribution < -0.4 is 10.6 Å². The highest BCUT2D eigenvalue weighted by Gasteiger charge is 2.31. The average Bonchev–Trinajstić information content (AvgIpc) is 3.09. The first kappa shape index (κ1) is 24.5. The van der Waals surface area contributed by atoms with Crippen LogP contribution in [0.3, 0.4) is 0 Å². The second kappa shape index (κ2) is 10.0. The summed E-state index contributed by atoms with van der Waals surface area (Å²) in [5.41, 5.74) is -1.41. The third-order valence-electron chi connectivity index (χ3n) is 4.12. The lowest BCUT2D eigenvalue weighted by Crippen LogP contribution is -2.39. The van der Waals surface area contributed by atoms with E-state index in [0.717, 1.165) is 6.04 Å². The van der Waals surface area contributed by atoms with Gasteiger partial charge in [-0.2, -0.15) is 13.2 Å². The van der Waals surface area contributed by atoms with Crippen molar-refractivity contribution in [3.05, 3.63) is 53.4 Å². The molecular formula is C19H24F4N4O3Si. The standard InChI is InChI=1S/C19H24F4N4O3Si/c1-31(2,3)7-6-30-12-27-10-14(25-11-27)9-24-18(29)26-17(28)15-5-4-13(8-16(15)20)19(21,22)23/h4-5,8,10-11H,6-7,9,12H2,1-3H3,(H2,24,26,28,29). The average molecular weight is 461 g/mol. The molecule has 0 saturated heterocycles. The van der Waals surface area contributed by atoms with Crippen LogP contribution in [0.4, 0.5) is 22.4 Å². The van der Waals surface area contributed by atoms with E-state index in [0.29, 0.717) is 31.2 Å². The minimum atomic E-state index is -4.74. The third-order valence-corrected chi connectivity index (χ3v) is 5.83. The molecule has 1 heterocycles. The van der Waals surface area contributed by atoms with Crippen LogP contribution >= 0.6 is 0 Å². The first-order valence-electron chi connectivity index (χ1n) is 9.39. The molecular weight excluding hydrogens is 436 g/mol. The monoisotopic (exact) mass is 460 g/mol. The maximum atomic E-state index is 13.8. The van der Waals surface area contributed by atoms with Gasteiger partial charge in [0, 0.05) is 20.9 Å². The van der Waals surface area contributed by atoms with Gasteiger partial charge in [0.1, 0.15) is 12.5 Å². The predicted octanol–water partition coefficient (Wildman–Crippen LogP) is 3.99. The molecule has 12 heteroatoms. The van der Waals surface area contributed by atoms with E-state index >= 15 is 0 Å². The number of hydrogen-bond donors (Lipinski definition) is 2. The predicted molar refractivity (Wildman–Crippen MR) is 107 cm³/mol. The molecule has 0 unspecified atom stereocenters. The lowest BCUT2D eigenvalue weighted by molar-refractivity contribution is -0.137. The van der Waals surface area contributed by atoms with Crippen molar-refractivity contribution in [1.82, 2.24) is 20.2 Å². The zero-order chi connectivity index (χ0) is 23.2. The Morgan fingerprint density at radius 1 is 1.23 bits per heavy atom. The molecule has 1 aromatic heterocycles. The van der Waals surface area contributed by atoms with E-state index in [1.165, 1.54) is 6.33 Å². The fraction of sp³-hybridized carbons (Fsp3) is 0.421. The first-order chi connectivity index (χ1) is 14.3. The molecule has 0 saturated carbocycles. The smallest absolute Gasteiger partial charge is 0.361 e. The number of carbonyl (C=O) groups excluding carboxylic acids is 2. The molecule has 170 valence electrons. The van der Waals surface area contributed by atoms with E-state index in [-0.39, 0.29) is 12.6 Å². The lowest BCUT2D eigenvalue weighted by Gasteiger charge is -2.15. The van der Waals surface area contributed by atoms with Crippen LogP contribution in [0.1, 0.15) is 21.6 Å². The molecule has 7 nitrogen and oxygen atoms in total. The SMILES string of the molecule is C[Si](C)(C)CCOCn1cnc(CNC(=O)NC(=O)c2ccc(C(F)(F)F)cc2F)c1. The summed E-state index contributed by atoms with van der Waals surface area (Å²) >= 11 is 0. The number of alkyl halides is 3. The maximum Gasteiger partial charge on any atom is 0.416 e. The summed E-state index contributed by atoms with van der Waals surface area (Å²) in [6, 6.07) is 1.53. The van der Waals surface area contributed by atoms with Crippen LogP contribution in [0.15, 0.2) is 30.7 Å². The molecule has 0 atom stereocenters. The summed E-state index contributed by atoms with van der Waals surface area (Å²) in [5.74, 6) is -2.54. The van der Waals surface area contributed by atoms with Crippen LogP contribution in [0, 0.1) is 5.82 Å². The number of aromatic nitrogens is 2. The topological polar surface area (TPSA) is 85.2 Å². The summed E-state index contributed by atoms with van der Waals surface area (Å²) in [7, 11) is -1.17. The summed E-state index contributed by atoms with van der Waals surface area (Å²) < 4.78 is 58.8. The highest BCUT2D eigenvalue weighted by molar-refractivity contribution is 6.76. The van der Waals surface area contributed by atoms with Crippen molar-refractivity contribution < 1.29 is 31.9 Å². The Morgan fingerprint density at radius 2 is 1.94 bits per heavy atom. The molecule has 0 radical (unpaired) electrons. The third kappa shape index (κ3) is 8.13. The number of amides is 3. The molecule has 2 rings (SSSR count). The van der Waals surface area contributed by atoms with Crippen LogP contribution in [0.2, 0.25) is 25.7 Å². The van der Waals surface area contributed by atoms with Gasteiger partial charge < -0.3 is 14.6 Å². The molecule has 1 aromatic carbocycles. The van der Waals surface area contributed by atoms with Crippen LogP contribution in [-0.2, 0) is 24.2 Å². The number of nitrogens with one attached hydrogen (secondary N) is 2. The number of rotatable bonds is 8. The molecule has 2 aromatic rings. The van der Waals surface area contributed by atoms with E-state index in [1.807, 2.05) is 5.32 Å². The highest BCUT2D eigenvalue weighted by atomic mass is 28.3. The number of nitrogens with zero attached hydrogens (tertiary/aromatic N) is 2. The Balaban J connectivity index is 1.81. The lowest BCUT2D eigenvalue weighted by atomic mass is 10.1. The van der Waals surface area contributed by atoms with Crippen molar-refractivity contribution in [3.8, 4) is 0 Å². The van der Waals surface area contributed by atoms with Gasteiger partial charge in [0.15, 0.2) is 0 Å². The number of carbonyl (C=O) groups is 2. The van der Waals surface area contributed by atoms with Crippen molar-refractivity contribution in [2.75, 3.05) is 6.61 Å². The molecule has 0 bridgehead atoms. The Bertz CT molecular complexity index is 926. The Morgan fingerprint density at radius 3 is 2.55 bits per heavy atom. The quantitative estimate of drug-likeness (QED) is 0.354. The molecule has 0 aliphatic carbocycles. The van der Waals surface area contributed by atoms with Gasteiger partial charge in [0.05, 0.1) is 29.7 Å². The van der Waals surface area contributed by atoms with Gasteiger partial charge in [0.25, 0.3) is 5.91 Å². The Hall–Kier alpha value is -2.73. The normalized spacial score (nSPS) is 12.0. The number of benzene rings is 1. The van der Waals surface area contributed by atoms with Crippen molar-refractivity contribution in [3.63, 3.8) is 0 Å². The van der Waals surface area contributed by atoms with Crippen LogP contribution in [-0.4, -0.2) is 36.2 Å². The minimum absolute atomic E-state index is 0.0173. The first-order valence-corrected chi connectivity index (χ1v) is 13.1. The second-order valence-electron chi connectivity index (χ2n) is 8.06. The number of halogens is 4. The van der Waals surface area contributed by atoms with Crippen molar-refractivity contribution >= 4 is 20.0 Å². The largest absolute Gasteiger partial charge is 0.416 e. The molecule has 31 heavy (non-hydrogen) atoms. The fourth-order valence-corrected chi connectivity index (χ4v) is 3.13. The molecule has 0 aliphatic rings. The summed E-state index contributed by atoms with van der Waals surface area (Å²) in [4.78, 5) is 27.9. The van der Waals surface area contributed by atoms with Gasteiger partial charge in [-0.3, -0.25) is 10.1 Å². The van der Waals surface area contributed by atoms with Gasteiger partial charge >= 0.3 is 12.2 Å². The van der Waals surface area contributed by atoms with Gasteiger partial charge in [-0.1, -0.05) is 19.6 Å². The maximum absolute atomic E-state index is 13.8. The van der Waals surface area contributed by atoms with Gasteiger partial charge in [-0.05, 0) is 24.2 Å². The zero-order valence-electron chi connectivity index (χ0n) is 17.3. The molecule has 0 spiro atoms. The summed E-state index contributed by atoms with van der Waals surface area (Å²) in [6.45, 7) is 7.69. The van der Waals surface area contributed by atoms with E-state index in [2.05, 4.69) is 29.9 Å². The Kier molecular flexibility index (Phi) is 7.95. The van der Waals surface area contributed by atoms with Gasteiger partial charge in [-0.15, -0.1) is 0 Å². The van der Waals surface area contributed by atoms with E-state index in [4.69, 9.17) is 4.74 Å². The molecule has 0 fully saturated rings. The molecule has 2 N–H and O–H groups in total. The number of imidazole rings is 1. The van der Waals surface area contributed by atoms with E-state index in [1.54, 1.807) is 10.8 Å². The number of imide groups is 1. The minimum Gasteiger partial charge on any atom is -0.361 e.